The van der Waals surface area contributed by atoms with Crippen molar-refractivity contribution in [3.63, 3.8) is 0 Å². The van der Waals surface area contributed by atoms with Gasteiger partial charge in [-0.3, -0.25) is 23.8 Å². The summed E-state index contributed by atoms with van der Waals surface area (Å²) in [5, 5.41) is 20.9. The zero-order valence-electron chi connectivity index (χ0n) is 19.4. The van der Waals surface area contributed by atoms with Gasteiger partial charge in [0.25, 0.3) is 0 Å². The number of aliphatic imine (C=N–C) groups is 1. The maximum atomic E-state index is 13.2. The summed E-state index contributed by atoms with van der Waals surface area (Å²) in [7, 11) is -9.98. The lowest BCUT2D eigenvalue weighted by atomic mass is 10.1. The molecule has 0 saturated carbocycles. The molecule has 0 aromatic heterocycles. The summed E-state index contributed by atoms with van der Waals surface area (Å²) in [6, 6.07) is 6.92. The normalized spacial score (nSPS) is 30.7. The number of aliphatic hydroxyl groups is 2. The minimum absolute atomic E-state index is 0.197. The number of halogens is 1. The van der Waals surface area contributed by atoms with E-state index >= 15 is 0 Å². The number of aliphatic hydroxyl groups excluding tert-OH is 2. The predicted octanol–water partition coefficient (Wildman–Crippen LogP) is 1.94. The number of hydrogen-bond donors (Lipinski definition) is 4. The van der Waals surface area contributed by atoms with E-state index in [4.69, 9.17) is 4.74 Å². The van der Waals surface area contributed by atoms with Gasteiger partial charge in [-0.15, -0.1) is 0 Å². The highest BCUT2D eigenvalue weighted by Gasteiger charge is 2.50. The first-order chi connectivity index (χ1) is 17.4. The summed E-state index contributed by atoms with van der Waals surface area (Å²) in [6.45, 7) is 0.856. The molecule has 0 spiro atoms. The molecule has 37 heavy (non-hydrogen) atoms. The van der Waals surface area contributed by atoms with Crippen molar-refractivity contribution in [2.45, 2.75) is 44.1 Å². The Morgan fingerprint density at radius 1 is 1.14 bits per heavy atom. The first-order valence-corrected chi connectivity index (χ1v) is 15.0. The van der Waals surface area contributed by atoms with Crippen LogP contribution < -0.4 is 0 Å². The summed E-state index contributed by atoms with van der Waals surface area (Å²) >= 11 is 3.37. The molecular formula is C20H26BrN3O11P2. The quantitative estimate of drug-likeness (QED) is 0.278. The van der Waals surface area contributed by atoms with Gasteiger partial charge in [0.2, 0.25) is 0 Å². The summed E-state index contributed by atoms with van der Waals surface area (Å²) in [5.74, 6) is 0. The molecule has 2 amide bonds. The van der Waals surface area contributed by atoms with E-state index in [2.05, 4.69) is 34.3 Å². The third-order valence-corrected chi connectivity index (χ3v) is 8.83. The number of rotatable bonds is 10. The molecule has 204 valence electrons. The van der Waals surface area contributed by atoms with Gasteiger partial charge in [0, 0.05) is 10.7 Å². The molecule has 0 bridgehead atoms. The SMILES string of the molecule is CCCOP(=O)(O)OP(=O)(O)OC[C@H]1O[C@@H](N2C=CC3N=C(c4ccc(Br)cc4)CN3C2=O)[C@@H](O)C1O. The van der Waals surface area contributed by atoms with Gasteiger partial charge < -0.3 is 24.7 Å². The summed E-state index contributed by atoms with van der Waals surface area (Å²) < 4.78 is 43.6. The average molecular weight is 626 g/mol. The molecule has 17 heteroatoms. The number of nitrogens with zero attached hydrogens (tertiary/aromatic N) is 3. The molecule has 4 rings (SSSR count). The van der Waals surface area contributed by atoms with Gasteiger partial charge in [-0.1, -0.05) is 35.0 Å². The lowest BCUT2D eigenvalue weighted by Gasteiger charge is -2.35. The van der Waals surface area contributed by atoms with E-state index < -0.39 is 59.0 Å². The van der Waals surface area contributed by atoms with Gasteiger partial charge in [-0.25, -0.2) is 13.9 Å². The van der Waals surface area contributed by atoms with Crippen LogP contribution >= 0.6 is 31.6 Å². The molecule has 14 nitrogen and oxygen atoms in total. The highest BCUT2D eigenvalue weighted by molar-refractivity contribution is 9.10. The van der Waals surface area contributed by atoms with Crippen LogP contribution in [-0.2, 0) is 27.2 Å². The minimum Gasteiger partial charge on any atom is -0.387 e. The molecule has 1 fully saturated rings. The Morgan fingerprint density at radius 3 is 2.49 bits per heavy atom. The molecule has 1 aromatic rings. The van der Waals surface area contributed by atoms with E-state index in [0.29, 0.717) is 12.1 Å². The molecule has 0 radical (unpaired) electrons. The summed E-state index contributed by atoms with van der Waals surface area (Å²) in [4.78, 5) is 39.5. The number of phosphoric ester groups is 2. The zero-order valence-corrected chi connectivity index (χ0v) is 22.8. The van der Waals surface area contributed by atoms with Crippen LogP contribution in [0.2, 0.25) is 0 Å². The van der Waals surface area contributed by atoms with Crippen molar-refractivity contribution in [2.75, 3.05) is 19.8 Å². The first kappa shape index (κ1) is 28.5. The van der Waals surface area contributed by atoms with E-state index in [1.54, 1.807) is 13.0 Å². The molecule has 7 atom stereocenters. The number of amides is 2. The minimum atomic E-state index is -5.10. The van der Waals surface area contributed by atoms with E-state index in [1.165, 1.54) is 11.1 Å². The fraction of sp³-hybridized carbons (Fsp3) is 0.500. The number of phosphoric acid groups is 2. The topological polar surface area (TPSA) is 188 Å². The highest BCUT2D eigenvalue weighted by Crippen LogP contribution is 2.60. The van der Waals surface area contributed by atoms with Crippen molar-refractivity contribution in [1.29, 1.82) is 0 Å². The fourth-order valence-electron chi connectivity index (χ4n) is 3.88. The summed E-state index contributed by atoms with van der Waals surface area (Å²) in [5.41, 5.74) is 1.54. The van der Waals surface area contributed by atoms with Gasteiger partial charge in [0.15, 0.2) is 6.23 Å². The molecule has 1 saturated heterocycles. The van der Waals surface area contributed by atoms with Crippen LogP contribution in [0.1, 0.15) is 18.9 Å². The number of urea groups is 1. The van der Waals surface area contributed by atoms with Crippen molar-refractivity contribution in [3.05, 3.63) is 46.6 Å². The Morgan fingerprint density at radius 2 is 1.81 bits per heavy atom. The molecule has 4 N–H and O–H groups in total. The third-order valence-electron chi connectivity index (χ3n) is 5.67. The maximum Gasteiger partial charge on any atom is 0.481 e. The maximum absolute atomic E-state index is 13.2. The number of fused-ring (bicyclic) bond motifs is 1. The summed E-state index contributed by atoms with van der Waals surface area (Å²) in [6.07, 6.45) is -3.11. The Hall–Kier alpha value is -1.48. The third kappa shape index (κ3) is 6.57. The first-order valence-electron chi connectivity index (χ1n) is 11.2. The van der Waals surface area contributed by atoms with E-state index in [1.807, 2.05) is 24.3 Å². The van der Waals surface area contributed by atoms with Gasteiger partial charge in [0.1, 0.15) is 24.5 Å². The lowest BCUT2D eigenvalue weighted by Crippen LogP contribution is -2.53. The van der Waals surface area contributed by atoms with Gasteiger partial charge >= 0.3 is 21.7 Å². The van der Waals surface area contributed by atoms with Crippen LogP contribution in [0.15, 0.2) is 46.0 Å². The van der Waals surface area contributed by atoms with Crippen LogP contribution in [0.5, 0.6) is 0 Å². The molecule has 0 aliphatic carbocycles. The largest absolute Gasteiger partial charge is 0.481 e. The number of ether oxygens (including phenoxy) is 1. The van der Waals surface area contributed by atoms with E-state index in [9.17, 15) is 33.9 Å². The molecule has 4 unspecified atom stereocenters. The Bertz CT molecular complexity index is 1170. The molecule has 3 heterocycles. The second-order valence-corrected chi connectivity index (χ2v) is 12.3. The lowest BCUT2D eigenvalue weighted by molar-refractivity contribution is -0.0698. The van der Waals surface area contributed by atoms with E-state index in [0.717, 1.165) is 14.9 Å². The van der Waals surface area contributed by atoms with Crippen molar-refractivity contribution in [2.24, 2.45) is 4.99 Å². The van der Waals surface area contributed by atoms with Crippen molar-refractivity contribution < 1.29 is 52.0 Å². The average Bonchev–Trinajstić information content (AvgIpc) is 3.39. The number of hydrogen-bond acceptors (Lipinski definition) is 10. The Balaban J connectivity index is 1.37. The van der Waals surface area contributed by atoms with Crippen LogP contribution in [0.25, 0.3) is 0 Å². The second kappa shape index (κ2) is 11.3. The van der Waals surface area contributed by atoms with Crippen molar-refractivity contribution >= 4 is 43.3 Å². The van der Waals surface area contributed by atoms with Crippen LogP contribution in [-0.4, -0.2) is 92.0 Å². The Kier molecular flexibility index (Phi) is 8.73. The second-order valence-electron chi connectivity index (χ2n) is 8.35. The fourth-order valence-corrected chi connectivity index (χ4v) is 6.32. The predicted molar refractivity (Wildman–Crippen MR) is 131 cm³/mol. The molecular weight excluding hydrogens is 600 g/mol. The van der Waals surface area contributed by atoms with Gasteiger partial charge in [-0.05, 0) is 30.2 Å². The molecule has 3 aliphatic rings. The van der Waals surface area contributed by atoms with Crippen LogP contribution in [0.3, 0.4) is 0 Å². The highest BCUT2D eigenvalue weighted by atomic mass is 79.9. The van der Waals surface area contributed by atoms with Crippen LogP contribution in [0, 0.1) is 0 Å². The standard InChI is InChI=1S/C20H26BrN3O11P2/c1-2-9-32-36(28,29)35-37(30,31)33-11-15-17(25)18(26)19(34-15)23-8-7-16-22-14(10-24(16)20(23)27)12-3-5-13(21)6-4-12/h3-8,15-19,25-26H,2,9-11H2,1H3,(H,28,29)(H,30,31)/t15-,16?,17?,18+,19-/m1/s1. The van der Waals surface area contributed by atoms with Gasteiger partial charge in [0.05, 0.1) is 25.5 Å². The monoisotopic (exact) mass is 625 g/mol. The number of carbonyl (C=O) groups is 1. The number of carbonyl (C=O) groups excluding carboxylic acids is 1. The zero-order chi connectivity index (χ0) is 27.0. The molecule has 3 aliphatic heterocycles. The smallest absolute Gasteiger partial charge is 0.387 e. The molecule has 1 aromatic carbocycles. The van der Waals surface area contributed by atoms with Gasteiger partial charge in [-0.2, -0.15) is 4.31 Å². The van der Waals surface area contributed by atoms with Crippen molar-refractivity contribution in [3.8, 4) is 0 Å². The van der Waals surface area contributed by atoms with E-state index in [-0.39, 0.29) is 13.2 Å². The Labute approximate surface area is 220 Å². The van der Waals surface area contributed by atoms with Crippen molar-refractivity contribution in [1.82, 2.24) is 9.80 Å². The van der Waals surface area contributed by atoms with Crippen LogP contribution in [0.4, 0.5) is 4.79 Å². The number of benzene rings is 1.